The zero-order valence-corrected chi connectivity index (χ0v) is 10.0. The van der Waals surface area contributed by atoms with Crippen molar-refractivity contribution in [3.63, 3.8) is 0 Å². The standard InChI is InChI=1S/C12H17ClN2/c1-12(2)9-15(8-7-14-12)11-6-4-3-5-10(11)13/h3-6,14H,7-9H2,1-2H3. The van der Waals surface area contributed by atoms with Crippen LogP contribution in [0.3, 0.4) is 0 Å². The van der Waals surface area contributed by atoms with E-state index in [1.54, 1.807) is 0 Å². The highest BCUT2D eigenvalue weighted by atomic mass is 35.5. The molecule has 1 fully saturated rings. The van der Waals surface area contributed by atoms with E-state index in [9.17, 15) is 0 Å². The van der Waals surface area contributed by atoms with Gasteiger partial charge in [0.1, 0.15) is 0 Å². The smallest absolute Gasteiger partial charge is 0.0639 e. The van der Waals surface area contributed by atoms with E-state index in [1.807, 2.05) is 18.2 Å². The van der Waals surface area contributed by atoms with Crippen LogP contribution in [0.5, 0.6) is 0 Å². The van der Waals surface area contributed by atoms with Gasteiger partial charge in [0.05, 0.1) is 10.7 Å². The quantitative estimate of drug-likeness (QED) is 0.789. The summed E-state index contributed by atoms with van der Waals surface area (Å²) in [4.78, 5) is 2.35. The highest BCUT2D eigenvalue weighted by Crippen LogP contribution is 2.27. The van der Waals surface area contributed by atoms with Gasteiger partial charge in [-0.25, -0.2) is 0 Å². The molecule has 1 aromatic carbocycles. The Bertz CT molecular complexity index is 349. The minimum atomic E-state index is 0.164. The second-order valence-corrected chi connectivity index (χ2v) is 5.09. The molecule has 1 aliphatic rings. The van der Waals surface area contributed by atoms with Gasteiger partial charge >= 0.3 is 0 Å². The topological polar surface area (TPSA) is 15.3 Å². The average Bonchev–Trinajstić information content (AvgIpc) is 2.17. The van der Waals surface area contributed by atoms with Crippen LogP contribution in [0, 0.1) is 0 Å². The van der Waals surface area contributed by atoms with Crippen LogP contribution in [0.1, 0.15) is 13.8 Å². The predicted molar refractivity (Wildman–Crippen MR) is 65.7 cm³/mol. The number of benzene rings is 1. The Morgan fingerprint density at radius 3 is 2.73 bits per heavy atom. The second-order valence-electron chi connectivity index (χ2n) is 4.68. The third-order valence-corrected chi connectivity index (χ3v) is 3.08. The molecule has 0 amide bonds. The molecule has 0 bridgehead atoms. The maximum atomic E-state index is 6.19. The molecule has 0 unspecified atom stereocenters. The normalized spacial score (nSPS) is 20.3. The number of rotatable bonds is 1. The third-order valence-electron chi connectivity index (χ3n) is 2.76. The number of para-hydroxylation sites is 1. The lowest BCUT2D eigenvalue weighted by Gasteiger charge is -2.40. The van der Waals surface area contributed by atoms with Crippen LogP contribution in [0.2, 0.25) is 5.02 Å². The molecule has 0 saturated carbocycles. The summed E-state index contributed by atoms with van der Waals surface area (Å²) in [6, 6.07) is 8.05. The van der Waals surface area contributed by atoms with Gasteiger partial charge in [-0.3, -0.25) is 0 Å². The SMILES string of the molecule is CC1(C)CN(c2ccccc2Cl)CCN1. The maximum absolute atomic E-state index is 6.19. The molecule has 2 nitrogen and oxygen atoms in total. The molecule has 1 N–H and O–H groups in total. The predicted octanol–water partition coefficient (Wildman–Crippen LogP) is 2.53. The number of anilines is 1. The molecule has 82 valence electrons. The molecule has 2 rings (SSSR count). The van der Waals surface area contributed by atoms with Crippen molar-refractivity contribution in [1.82, 2.24) is 5.32 Å². The van der Waals surface area contributed by atoms with Gasteiger partial charge in [-0.1, -0.05) is 23.7 Å². The third kappa shape index (κ3) is 2.44. The van der Waals surface area contributed by atoms with Crippen molar-refractivity contribution in [2.75, 3.05) is 24.5 Å². The van der Waals surface area contributed by atoms with Gasteiger partial charge in [-0.05, 0) is 26.0 Å². The van der Waals surface area contributed by atoms with Crippen molar-refractivity contribution in [3.8, 4) is 0 Å². The molecular weight excluding hydrogens is 208 g/mol. The molecule has 1 saturated heterocycles. The molecule has 3 heteroatoms. The molecule has 0 aromatic heterocycles. The van der Waals surface area contributed by atoms with E-state index >= 15 is 0 Å². The maximum Gasteiger partial charge on any atom is 0.0639 e. The first-order chi connectivity index (χ1) is 7.08. The lowest BCUT2D eigenvalue weighted by molar-refractivity contribution is 0.353. The lowest BCUT2D eigenvalue weighted by atomic mass is 10.0. The fourth-order valence-electron chi connectivity index (χ4n) is 2.06. The highest BCUT2D eigenvalue weighted by molar-refractivity contribution is 6.33. The number of hydrogen-bond donors (Lipinski definition) is 1. The first-order valence-corrected chi connectivity index (χ1v) is 5.71. The first kappa shape index (κ1) is 10.8. The van der Waals surface area contributed by atoms with Gasteiger partial charge in [0.2, 0.25) is 0 Å². The summed E-state index contributed by atoms with van der Waals surface area (Å²) >= 11 is 6.19. The molecule has 1 aromatic rings. The van der Waals surface area contributed by atoms with Gasteiger partial charge < -0.3 is 10.2 Å². The Kier molecular flexibility index (Phi) is 2.89. The Morgan fingerprint density at radius 2 is 2.07 bits per heavy atom. The van der Waals surface area contributed by atoms with E-state index < -0.39 is 0 Å². The van der Waals surface area contributed by atoms with E-state index in [2.05, 4.69) is 30.1 Å². The number of hydrogen-bond acceptors (Lipinski definition) is 2. The van der Waals surface area contributed by atoms with Crippen LogP contribution < -0.4 is 10.2 Å². The Morgan fingerprint density at radius 1 is 1.33 bits per heavy atom. The van der Waals surface area contributed by atoms with Gasteiger partial charge in [0.15, 0.2) is 0 Å². The van der Waals surface area contributed by atoms with Crippen molar-refractivity contribution < 1.29 is 0 Å². The number of piperazine rings is 1. The Balaban J connectivity index is 2.21. The van der Waals surface area contributed by atoms with Gasteiger partial charge in [0.25, 0.3) is 0 Å². The Hall–Kier alpha value is -0.730. The number of nitrogens with one attached hydrogen (secondary N) is 1. The van der Waals surface area contributed by atoms with Gasteiger partial charge in [-0.2, -0.15) is 0 Å². The van der Waals surface area contributed by atoms with Gasteiger partial charge in [0, 0.05) is 25.2 Å². The fraction of sp³-hybridized carbons (Fsp3) is 0.500. The summed E-state index contributed by atoms with van der Waals surface area (Å²) in [5.74, 6) is 0. The molecular formula is C12H17ClN2. The lowest BCUT2D eigenvalue weighted by Crippen LogP contribution is -2.57. The summed E-state index contributed by atoms with van der Waals surface area (Å²) in [5.41, 5.74) is 1.31. The molecule has 0 atom stereocenters. The fourth-order valence-corrected chi connectivity index (χ4v) is 2.31. The largest absolute Gasteiger partial charge is 0.367 e. The van der Waals surface area contributed by atoms with E-state index in [1.165, 1.54) is 0 Å². The van der Waals surface area contributed by atoms with Crippen LogP contribution in [0.25, 0.3) is 0 Å². The summed E-state index contributed by atoms with van der Waals surface area (Å²) in [7, 11) is 0. The Labute approximate surface area is 96.2 Å². The van der Waals surface area contributed by atoms with E-state index in [0.29, 0.717) is 0 Å². The zero-order valence-electron chi connectivity index (χ0n) is 9.26. The van der Waals surface area contributed by atoms with Crippen molar-refractivity contribution in [3.05, 3.63) is 29.3 Å². The summed E-state index contributed by atoms with van der Waals surface area (Å²) in [6.07, 6.45) is 0. The minimum Gasteiger partial charge on any atom is -0.367 e. The molecule has 0 aliphatic carbocycles. The highest BCUT2D eigenvalue weighted by Gasteiger charge is 2.26. The number of nitrogens with zero attached hydrogens (tertiary/aromatic N) is 1. The first-order valence-electron chi connectivity index (χ1n) is 5.33. The van der Waals surface area contributed by atoms with Gasteiger partial charge in [-0.15, -0.1) is 0 Å². The minimum absolute atomic E-state index is 0.164. The van der Waals surface area contributed by atoms with Crippen molar-refractivity contribution in [1.29, 1.82) is 0 Å². The van der Waals surface area contributed by atoms with E-state index in [-0.39, 0.29) is 5.54 Å². The second kappa shape index (κ2) is 4.03. The summed E-state index contributed by atoms with van der Waals surface area (Å²) in [5, 5.41) is 4.34. The molecule has 0 radical (unpaired) electrons. The van der Waals surface area contributed by atoms with E-state index in [0.717, 1.165) is 30.3 Å². The van der Waals surface area contributed by atoms with Crippen LogP contribution in [-0.4, -0.2) is 25.2 Å². The van der Waals surface area contributed by atoms with Crippen molar-refractivity contribution >= 4 is 17.3 Å². The molecule has 15 heavy (non-hydrogen) atoms. The molecule has 1 aliphatic heterocycles. The molecule has 1 heterocycles. The monoisotopic (exact) mass is 224 g/mol. The summed E-state index contributed by atoms with van der Waals surface area (Å²) in [6.45, 7) is 7.47. The van der Waals surface area contributed by atoms with Crippen LogP contribution in [-0.2, 0) is 0 Å². The van der Waals surface area contributed by atoms with Crippen molar-refractivity contribution in [2.45, 2.75) is 19.4 Å². The van der Waals surface area contributed by atoms with E-state index in [4.69, 9.17) is 11.6 Å². The number of halogens is 1. The molecule has 0 spiro atoms. The average molecular weight is 225 g/mol. The summed E-state index contributed by atoms with van der Waals surface area (Å²) < 4.78 is 0. The van der Waals surface area contributed by atoms with Crippen LogP contribution in [0.4, 0.5) is 5.69 Å². The van der Waals surface area contributed by atoms with Crippen LogP contribution in [0.15, 0.2) is 24.3 Å². The van der Waals surface area contributed by atoms with Crippen molar-refractivity contribution in [2.24, 2.45) is 0 Å². The zero-order chi connectivity index (χ0) is 10.9. The van der Waals surface area contributed by atoms with Crippen LogP contribution >= 0.6 is 11.6 Å².